The smallest absolute Gasteiger partial charge is 0.242 e. The van der Waals surface area contributed by atoms with Gasteiger partial charge in [0.25, 0.3) is 0 Å². The van der Waals surface area contributed by atoms with E-state index in [0.29, 0.717) is 16.5 Å². The molecule has 0 aliphatic carbocycles. The molecule has 0 aromatic heterocycles. The summed E-state index contributed by atoms with van der Waals surface area (Å²) in [6, 6.07) is 9.66. The summed E-state index contributed by atoms with van der Waals surface area (Å²) in [6.45, 7) is 1.87. The van der Waals surface area contributed by atoms with Crippen molar-refractivity contribution in [2.75, 3.05) is 12.8 Å². The first kappa shape index (κ1) is 15.6. The van der Waals surface area contributed by atoms with Gasteiger partial charge in [0.2, 0.25) is 10.0 Å². The molecule has 2 aromatic carbocycles. The van der Waals surface area contributed by atoms with E-state index in [1.165, 1.54) is 19.2 Å². The number of halogens is 1. The predicted molar refractivity (Wildman–Crippen MR) is 83.4 cm³/mol. The summed E-state index contributed by atoms with van der Waals surface area (Å²) in [5.41, 5.74) is 6.77. The van der Waals surface area contributed by atoms with E-state index >= 15 is 0 Å². The minimum atomic E-state index is -3.58. The quantitative estimate of drug-likeness (QED) is 0.846. The van der Waals surface area contributed by atoms with Gasteiger partial charge in [0.1, 0.15) is 16.4 Å². The molecule has 112 valence electrons. The first-order chi connectivity index (χ1) is 9.83. The van der Waals surface area contributed by atoms with Gasteiger partial charge in [0.15, 0.2) is 0 Å². The molecule has 5 nitrogen and oxygen atoms in total. The molecule has 7 heteroatoms. The SMILES string of the molecule is CNS(=O)(=O)c1ccc(Oc2ccc(Cl)cc2C)cc1N. The van der Waals surface area contributed by atoms with Crippen molar-refractivity contribution in [1.82, 2.24) is 4.72 Å². The number of ether oxygens (including phenoxy) is 1. The van der Waals surface area contributed by atoms with Crippen LogP contribution in [0.2, 0.25) is 5.02 Å². The van der Waals surface area contributed by atoms with Gasteiger partial charge in [0.05, 0.1) is 5.69 Å². The zero-order valence-electron chi connectivity index (χ0n) is 11.6. The van der Waals surface area contributed by atoms with Gasteiger partial charge in [-0.05, 0) is 49.9 Å². The van der Waals surface area contributed by atoms with Crippen LogP contribution in [-0.4, -0.2) is 15.5 Å². The molecule has 0 spiro atoms. The number of sulfonamides is 1. The fourth-order valence-corrected chi connectivity index (χ4v) is 2.86. The predicted octanol–water partition coefficient (Wildman–Crippen LogP) is 2.93. The highest BCUT2D eigenvalue weighted by atomic mass is 35.5. The molecule has 2 rings (SSSR count). The number of anilines is 1. The molecule has 0 unspecified atom stereocenters. The monoisotopic (exact) mass is 326 g/mol. The second-order valence-electron chi connectivity index (χ2n) is 4.42. The standard InChI is InChI=1S/C14H15ClN2O3S/c1-9-7-10(15)3-5-13(9)20-11-4-6-14(12(16)8-11)21(18,19)17-2/h3-8,17H,16H2,1-2H3. The van der Waals surface area contributed by atoms with Gasteiger partial charge in [-0.25, -0.2) is 13.1 Å². The highest BCUT2D eigenvalue weighted by Gasteiger charge is 2.16. The van der Waals surface area contributed by atoms with Gasteiger partial charge in [-0.1, -0.05) is 11.6 Å². The van der Waals surface area contributed by atoms with Crippen LogP contribution in [0.4, 0.5) is 5.69 Å². The molecular weight excluding hydrogens is 312 g/mol. The average Bonchev–Trinajstić information content (AvgIpc) is 2.42. The van der Waals surface area contributed by atoms with Gasteiger partial charge in [-0.15, -0.1) is 0 Å². The van der Waals surface area contributed by atoms with Crippen molar-refractivity contribution >= 4 is 27.3 Å². The molecule has 0 bridgehead atoms. The number of nitrogen functional groups attached to an aromatic ring is 1. The lowest BCUT2D eigenvalue weighted by atomic mass is 10.2. The third kappa shape index (κ3) is 3.47. The van der Waals surface area contributed by atoms with Crippen LogP contribution in [0.1, 0.15) is 5.56 Å². The van der Waals surface area contributed by atoms with E-state index in [-0.39, 0.29) is 10.6 Å². The minimum absolute atomic E-state index is 0.0187. The number of hydrogen-bond acceptors (Lipinski definition) is 4. The fraction of sp³-hybridized carbons (Fsp3) is 0.143. The first-order valence-corrected chi connectivity index (χ1v) is 7.96. The Balaban J connectivity index is 2.33. The maximum Gasteiger partial charge on any atom is 0.242 e. The molecule has 0 amide bonds. The molecule has 0 saturated heterocycles. The normalized spacial score (nSPS) is 11.4. The highest BCUT2D eigenvalue weighted by molar-refractivity contribution is 7.89. The third-order valence-electron chi connectivity index (χ3n) is 2.90. The van der Waals surface area contributed by atoms with Gasteiger partial charge >= 0.3 is 0 Å². The largest absolute Gasteiger partial charge is 0.457 e. The minimum Gasteiger partial charge on any atom is -0.457 e. The van der Waals surface area contributed by atoms with Crippen molar-refractivity contribution < 1.29 is 13.2 Å². The van der Waals surface area contributed by atoms with E-state index < -0.39 is 10.0 Å². The number of aryl methyl sites for hydroxylation is 1. The summed E-state index contributed by atoms with van der Waals surface area (Å²) in [5, 5.41) is 0.620. The number of nitrogens with one attached hydrogen (secondary N) is 1. The molecule has 3 N–H and O–H groups in total. The number of hydrogen-bond donors (Lipinski definition) is 2. The Labute approximate surface area is 128 Å². The van der Waals surface area contributed by atoms with Gasteiger partial charge in [-0.3, -0.25) is 0 Å². The van der Waals surface area contributed by atoms with Crippen molar-refractivity contribution in [2.45, 2.75) is 11.8 Å². The molecule has 0 aliphatic rings. The van der Waals surface area contributed by atoms with Crippen LogP contribution in [0.25, 0.3) is 0 Å². The van der Waals surface area contributed by atoms with E-state index in [0.717, 1.165) is 5.56 Å². The van der Waals surface area contributed by atoms with Crippen molar-refractivity contribution in [1.29, 1.82) is 0 Å². The van der Waals surface area contributed by atoms with Gasteiger partial charge in [-0.2, -0.15) is 0 Å². The Morgan fingerprint density at radius 2 is 1.90 bits per heavy atom. The molecule has 2 aromatic rings. The van der Waals surface area contributed by atoms with Gasteiger partial charge in [0, 0.05) is 11.1 Å². The van der Waals surface area contributed by atoms with Crippen molar-refractivity contribution in [2.24, 2.45) is 0 Å². The zero-order chi connectivity index (χ0) is 15.6. The number of rotatable bonds is 4. The highest BCUT2D eigenvalue weighted by Crippen LogP contribution is 2.30. The molecule has 0 atom stereocenters. The molecular formula is C14H15ClN2O3S. The summed E-state index contributed by atoms with van der Waals surface area (Å²) >= 11 is 5.88. The zero-order valence-corrected chi connectivity index (χ0v) is 13.1. The maximum atomic E-state index is 11.7. The summed E-state index contributed by atoms with van der Waals surface area (Å²) in [6.07, 6.45) is 0. The molecule has 0 fully saturated rings. The number of nitrogens with two attached hydrogens (primary N) is 1. The Morgan fingerprint density at radius 1 is 1.19 bits per heavy atom. The summed E-state index contributed by atoms with van der Waals surface area (Å²) in [5.74, 6) is 1.08. The van der Waals surface area contributed by atoms with Crippen LogP contribution in [-0.2, 0) is 10.0 Å². The van der Waals surface area contributed by atoms with Crippen LogP contribution >= 0.6 is 11.6 Å². The lowest BCUT2D eigenvalue weighted by Crippen LogP contribution is -2.19. The Morgan fingerprint density at radius 3 is 2.48 bits per heavy atom. The lowest BCUT2D eigenvalue weighted by molar-refractivity contribution is 0.479. The van der Waals surface area contributed by atoms with E-state index in [1.807, 2.05) is 6.92 Å². The second kappa shape index (κ2) is 5.93. The van der Waals surface area contributed by atoms with E-state index in [2.05, 4.69) is 4.72 Å². The Kier molecular flexibility index (Phi) is 4.41. The maximum absolute atomic E-state index is 11.7. The van der Waals surface area contributed by atoms with Gasteiger partial charge < -0.3 is 10.5 Å². The first-order valence-electron chi connectivity index (χ1n) is 6.10. The second-order valence-corrected chi connectivity index (χ2v) is 6.71. The van der Waals surface area contributed by atoms with Crippen molar-refractivity contribution in [3.05, 3.63) is 47.0 Å². The molecule has 0 aliphatic heterocycles. The third-order valence-corrected chi connectivity index (χ3v) is 4.63. The van der Waals surface area contributed by atoms with Crippen molar-refractivity contribution in [3.63, 3.8) is 0 Å². The lowest BCUT2D eigenvalue weighted by Gasteiger charge is -2.11. The van der Waals surface area contributed by atoms with Crippen LogP contribution in [0, 0.1) is 6.92 Å². The van der Waals surface area contributed by atoms with E-state index in [4.69, 9.17) is 22.1 Å². The fourth-order valence-electron chi connectivity index (χ4n) is 1.80. The van der Waals surface area contributed by atoms with Crippen LogP contribution in [0.5, 0.6) is 11.5 Å². The summed E-state index contributed by atoms with van der Waals surface area (Å²) < 4.78 is 31.4. The van der Waals surface area contributed by atoms with E-state index in [1.54, 1.807) is 24.3 Å². The van der Waals surface area contributed by atoms with Crippen molar-refractivity contribution in [3.8, 4) is 11.5 Å². The summed E-state index contributed by atoms with van der Waals surface area (Å²) in [7, 11) is -2.25. The topological polar surface area (TPSA) is 81.4 Å². The molecule has 0 radical (unpaired) electrons. The average molecular weight is 327 g/mol. The molecule has 21 heavy (non-hydrogen) atoms. The number of benzene rings is 2. The Bertz CT molecular complexity index is 776. The van der Waals surface area contributed by atoms with Crippen LogP contribution in [0.3, 0.4) is 0 Å². The van der Waals surface area contributed by atoms with E-state index in [9.17, 15) is 8.42 Å². The van der Waals surface area contributed by atoms with Crippen LogP contribution in [0.15, 0.2) is 41.3 Å². The Hall–Kier alpha value is -1.76. The van der Waals surface area contributed by atoms with Crippen LogP contribution < -0.4 is 15.2 Å². The molecule has 0 heterocycles. The summed E-state index contributed by atoms with van der Waals surface area (Å²) in [4.78, 5) is 0.0187. The molecule has 0 saturated carbocycles.